The number of nitrogens with zero attached hydrogens (tertiary/aromatic N) is 2. The van der Waals surface area contributed by atoms with E-state index in [-0.39, 0.29) is 6.61 Å². The third-order valence-electron chi connectivity index (χ3n) is 2.20. The largest absolute Gasteiger partial charge is 0.479 e. The van der Waals surface area contributed by atoms with Crippen molar-refractivity contribution in [3.8, 4) is 11.6 Å². The second-order valence-corrected chi connectivity index (χ2v) is 3.58. The quantitative estimate of drug-likeness (QED) is 0.870. The SMILES string of the molecule is Cc1cn(-c2ccccc2)nc1OCC(=O)O. The number of hydrogen-bond acceptors (Lipinski definition) is 3. The summed E-state index contributed by atoms with van der Waals surface area (Å²) in [5.41, 5.74) is 1.70. The predicted molar refractivity (Wildman–Crippen MR) is 61.4 cm³/mol. The van der Waals surface area contributed by atoms with Crippen LogP contribution >= 0.6 is 0 Å². The third kappa shape index (κ3) is 2.63. The van der Waals surface area contributed by atoms with Gasteiger partial charge in [0.15, 0.2) is 6.61 Å². The normalized spacial score (nSPS) is 10.2. The van der Waals surface area contributed by atoms with Crippen molar-refractivity contribution >= 4 is 5.97 Å². The van der Waals surface area contributed by atoms with Crippen molar-refractivity contribution < 1.29 is 14.6 Å². The Morgan fingerprint density at radius 1 is 1.41 bits per heavy atom. The van der Waals surface area contributed by atoms with Crippen molar-refractivity contribution in [3.05, 3.63) is 42.1 Å². The molecule has 0 aliphatic rings. The minimum atomic E-state index is -1.02. The highest BCUT2D eigenvalue weighted by Crippen LogP contribution is 2.17. The molecule has 0 radical (unpaired) electrons. The number of aryl methyl sites for hydroxylation is 1. The summed E-state index contributed by atoms with van der Waals surface area (Å²) in [5.74, 6) is -0.671. The lowest BCUT2D eigenvalue weighted by Crippen LogP contribution is -2.10. The summed E-state index contributed by atoms with van der Waals surface area (Å²) in [5, 5.41) is 12.7. The molecular weight excluding hydrogens is 220 g/mol. The summed E-state index contributed by atoms with van der Waals surface area (Å²) in [6.45, 7) is 1.44. The number of carboxylic acid groups (broad SMARTS) is 1. The topological polar surface area (TPSA) is 64.4 Å². The summed E-state index contributed by atoms with van der Waals surface area (Å²) in [4.78, 5) is 10.4. The highest BCUT2D eigenvalue weighted by molar-refractivity contribution is 5.68. The van der Waals surface area contributed by atoms with E-state index < -0.39 is 5.97 Å². The van der Waals surface area contributed by atoms with Crippen LogP contribution in [-0.4, -0.2) is 27.5 Å². The van der Waals surface area contributed by atoms with Crippen molar-refractivity contribution in [3.63, 3.8) is 0 Å². The van der Waals surface area contributed by atoms with Crippen molar-refractivity contribution in [2.45, 2.75) is 6.92 Å². The van der Waals surface area contributed by atoms with Gasteiger partial charge in [0.25, 0.3) is 0 Å². The fourth-order valence-electron chi connectivity index (χ4n) is 1.43. The van der Waals surface area contributed by atoms with Crippen LogP contribution in [0.3, 0.4) is 0 Å². The zero-order valence-corrected chi connectivity index (χ0v) is 9.33. The molecule has 5 nitrogen and oxygen atoms in total. The first kappa shape index (κ1) is 11.2. The highest BCUT2D eigenvalue weighted by atomic mass is 16.5. The minimum absolute atomic E-state index is 0.344. The lowest BCUT2D eigenvalue weighted by Gasteiger charge is -2.00. The Labute approximate surface area is 98.3 Å². The molecule has 2 aromatic rings. The molecule has 0 aliphatic carbocycles. The van der Waals surface area contributed by atoms with Gasteiger partial charge in [-0.3, -0.25) is 0 Å². The first-order valence-corrected chi connectivity index (χ1v) is 5.13. The van der Waals surface area contributed by atoms with Gasteiger partial charge in [0.05, 0.1) is 5.69 Å². The molecular formula is C12H12N2O3. The van der Waals surface area contributed by atoms with Crippen LogP contribution in [0.15, 0.2) is 36.5 Å². The number of rotatable bonds is 4. The lowest BCUT2D eigenvalue weighted by atomic mass is 10.3. The number of aromatic nitrogens is 2. The van der Waals surface area contributed by atoms with Gasteiger partial charge in [-0.15, -0.1) is 5.10 Å². The van der Waals surface area contributed by atoms with Gasteiger partial charge in [-0.1, -0.05) is 18.2 Å². The van der Waals surface area contributed by atoms with Gasteiger partial charge < -0.3 is 9.84 Å². The second-order valence-electron chi connectivity index (χ2n) is 3.58. The van der Waals surface area contributed by atoms with Crippen LogP contribution in [-0.2, 0) is 4.79 Å². The molecule has 0 spiro atoms. The molecule has 0 fully saturated rings. The zero-order valence-electron chi connectivity index (χ0n) is 9.33. The first-order chi connectivity index (χ1) is 8.16. The van der Waals surface area contributed by atoms with Gasteiger partial charge in [0, 0.05) is 11.8 Å². The summed E-state index contributed by atoms with van der Waals surface area (Å²) < 4.78 is 6.73. The number of carbonyl (C=O) groups is 1. The smallest absolute Gasteiger partial charge is 0.341 e. The molecule has 0 atom stereocenters. The summed E-state index contributed by atoms with van der Waals surface area (Å²) in [6.07, 6.45) is 1.80. The van der Waals surface area contributed by atoms with Crippen molar-refractivity contribution in [2.24, 2.45) is 0 Å². The number of para-hydroxylation sites is 1. The van der Waals surface area contributed by atoms with Crippen LogP contribution in [0.5, 0.6) is 5.88 Å². The molecule has 0 aliphatic heterocycles. The van der Waals surface area contributed by atoms with Gasteiger partial charge in [0.2, 0.25) is 5.88 Å². The fourth-order valence-corrected chi connectivity index (χ4v) is 1.43. The average Bonchev–Trinajstić information content (AvgIpc) is 2.69. The Morgan fingerprint density at radius 3 is 2.76 bits per heavy atom. The maximum atomic E-state index is 10.4. The van der Waals surface area contributed by atoms with Crippen LogP contribution in [0.2, 0.25) is 0 Å². The molecule has 1 heterocycles. The molecule has 2 rings (SSSR count). The van der Waals surface area contributed by atoms with E-state index in [1.54, 1.807) is 10.9 Å². The maximum absolute atomic E-state index is 10.4. The zero-order chi connectivity index (χ0) is 12.3. The maximum Gasteiger partial charge on any atom is 0.341 e. The second kappa shape index (κ2) is 4.69. The molecule has 0 unspecified atom stereocenters. The molecule has 0 bridgehead atoms. The number of hydrogen-bond donors (Lipinski definition) is 1. The van der Waals surface area contributed by atoms with Crippen molar-refractivity contribution in [1.82, 2.24) is 9.78 Å². The van der Waals surface area contributed by atoms with E-state index >= 15 is 0 Å². The summed E-state index contributed by atoms with van der Waals surface area (Å²) >= 11 is 0. The van der Waals surface area contributed by atoms with Gasteiger partial charge in [-0.25, -0.2) is 9.48 Å². The Bertz CT molecular complexity index is 520. The highest BCUT2D eigenvalue weighted by Gasteiger charge is 2.08. The van der Waals surface area contributed by atoms with Crippen molar-refractivity contribution in [2.75, 3.05) is 6.61 Å². The molecule has 88 valence electrons. The molecule has 0 saturated heterocycles. The Balaban J connectivity index is 2.22. The van der Waals surface area contributed by atoms with Crippen LogP contribution in [0.4, 0.5) is 0 Å². The van der Waals surface area contributed by atoms with Gasteiger partial charge in [0.1, 0.15) is 0 Å². The number of benzene rings is 1. The van der Waals surface area contributed by atoms with E-state index in [0.717, 1.165) is 11.3 Å². The molecule has 17 heavy (non-hydrogen) atoms. The van der Waals surface area contributed by atoms with E-state index in [1.165, 1.54) is 0 Å². The third-order valence-corrected chi connectivity index (χ3v) is 2.20. The van der Waals surface area contributed by atoms with Crippen LogP contribution in [0, 0.1) is 6.92 Å². The Morgan fingerprint density at radius 2 is 2.12 bits per heavy atom. The van der Waals surface area contributed by atoms with E-state index in [2.05, 4.69) is 5.10 Å². The van der Waals surface area contributed by atoms with Crippen LogP contribution < -0.4 is 4.74 Å². The lowest BCUT2D eigenvalue weighted by molar-refractivity contribution is -0.139. The molecule has 1 N–H and O–H groups in total. The number of aliphatic carboxylic acids is 1. The summed E-state index contributed by atoms with van der Waals surface area (Å²) in [6, 6.07) is 9.55. The van der Waals surface area contributed by atoms with Crippen LogP contribution in [0.1, 0.15) is 5.56 Å². The van der Waals surface area contributed by atoms with E-state index in [1.807, 2.05) is 37.3 Å². The van der Waals surface area contributed by atoms with E-state index in [0.29, 0.717) is 5.88 Å². The predicted octanol–water partition coefficient (Wildman–Crippen LogP) is 1.64. The van der Waals surface area contributed by atoms with E-state index in [4.69, 9.17) is 9.84 Å². The van der Waals surface area contributed by atoms with Crippen molar-refractivity contribution in [1.29, 1.82) is 0 Å². The van der Waals surface area contributed by atoms with Gasteiger partial charge >= 0.3 is 5.97 Å². The molecule has 1 aromatic carbocycles. The number of carboxylic acids is 1. The van der Waals surface area contributed by atoms with E-state index in [9.17, 15) is 4.79 Å². The molecule has 5 heteroatoms. The number of ether oxygens (including phenoxy) is 1. The fraction of sp³-hybridized carbons (Fsp3) is 0.167. The first-order valence-electron chi connectivity index (χ1n) is 5.13. The molecule has 1 aromatic heterocycles. The Kier molecular flexibility index (Phi) is 3.09. The van der Waals surface area contributed by atoms with Crippen LogP contribution in [0.25, 0.3) is 5.69 Å². The summed E-state index contributed by atoms with van der Waals surface area (Å²) in [7, 11) is 0. The minimum Gasteiger partial charge on any atom is -0.479 e. The molecule has 0 amide bonds. The monoisotopic (exact) mass is 232 g/mol. The average molecular weight is 232 g/mol. The molecule has 0 saturated carbocycles. The standard InChI is InChI=1S/C12H12N2O3/c1-9-7-14(10-5-3-2-4-6-10)13-12(9)17-8-11(15)16/h2-7H,8H2,1H3,(H,15,16). The van der Waals surface area contributed by atoms with Gasteiger partial charge in [-0.2, -0.15) is 0 Å². The van der Waals surface area contributed by atoms with Gasteiger partial charge in [-0.05, 0) is 19.1 Å². The Hall–Kier alpha value is -2.30.